The Hall–Kier alpha value is -1.30. The molecular weight excluding hydrogens is 178 g/mol. The van der Waals surface area contributed by atoms with Crippen LogP contribution in [0.25, 0.3) is 0 Å². The summed E-state index contributed by atoms with van der Waals surface area (Å²) in [4.78, 5) is 11.7. The summed E-state index contributed by atoms with van der Waals surface area (Å²) < 4.78 is 0. The molecule has 1 saturated carbocycles. The molecule has 0 atom stereocenters. The van der Waals surface area contributed by atoms with Gasteiger partial charge in [-0.3, -0.25) is 4.79 Å². The molecule has 3 heteroatoms. The third kappa shape index (κ3) is 2.35. The van der Waals surface area contributed by atoms with E-state index in [1.165, 1.54) is 13.3 Å². The van der Waals surface area contributed by atoms with Crippen molar-refractivity contribution in [2.24, 2.45) is 5.92 Å². The van der Waals surface area contributed by atoms with Crippen molar-refractivity contribution in [2.75, 3.05) is 0 Å². The van der Waals surface area contributed by atoms with Gasteiger partial charge in [0.25, 0.3) is 0 Å². The predicted molar refractivity (Wildman–Crippen MR) is 52.5 cm³/mol. The molecule has 1 aliphatic carbocycles. The Morgan fingerprint density at radius 2 is 1.93 bits per heavy atom. The third-order valence-corrected chi connectivity index (χ3v) is 2.70. The monoisotopic (exact) mass is 193 g/mol. The maximum absolute atomic E-state index is 11.7. The highest BCUT2D eigenvalue weighted by Gasteiger charge is 2.25. The summed E-state index contributed by atoms with van der Waals surface area (Å²) in [6.07, 6.45) is 5.00. The van der Waals surface area contributed by atoms with Crippen molar-refractivity contribution in [3.8, 4) is 6.07 Å². The number of aliphatic hydroxyl groups is 1. The molecule has 0 aromatic rings. The molecule has 0 radical (unpaired) electrons. The summed E-state index contributed by atoms with van der Waals surface area (Å²) in [6.45, 7) is 1.39. The van der Waals surface area contributed by atoms with E-state index in [4.69, 9.17) is 10.4 Å². The van der Waals surface area contributed by atoms with Crippen LogP contribution in [0.4, 0.5) is 0 Å². The van der Waals surface area contributed by atoms with E-state index < -0.39 is 0 Å². The van der Waals surface area contributed by atoms with Crippen LogP contribution in [0, 0.1) is 17.2 Å². The molecule has 0 spiro atoms. The number of allylic oxidation sites excluding steroid dienone is 2. The van der Waals surface area contributed by atoms with Gasteiger partial charge in [0.15, 0.2) is 5.78 Å². The number of hydrogen-bond acceptors (Lipinski definition) is 3. The molecule has 1 fully saturated rings. The Morgan fingerprint density at radius 3 is 2.36 bits per heavy atom. The van der Waals surface area contributed by atoms with Gasteiger partial charge in [0.05, 0.1) is 0 Å². The van der Waals surface area contributed by atoms with Gasteiger partial charge < -0.3 is 5.11 Å². The van der Waals surface area contributed by atoms with Crippen LogP contribution in [0.15, 0.2) is 11.3 Å². The molecule has 0 heterocycles. The van der Waals surface area contributed by atoms with Crippen molar-refractivity contribution >= 4 is 5.78 Å². The molecule has 76 valence electrons. The normalized spacial score (nSPS) is 19.7. The Kier molecular flexibility index (Phi) is 3.70. The Labute approximate surface area is 84.0 Å². The number of rotatable bonds is 2. The third-order valence-electron chi connectivity index (χ3n) is 2.70. The molecular formula is C11H15NO2. The van der Waals surface area contributed by atoms with E-state index in [1.807, 2.05) is 0 Å². The van der Waals surface area contributed by atoms with Gasteiger partial charge in [0.2, 0.25) is 0 Å². The second-order valence-corrected chi connectivity index (χ2v) is 3.77. The largest absolute Gasteiger partial charge is 0.511 e. The number of hydrogen-bond donors (Lipinski definition) is 1. The lowest BCUT2D eigenvalue weighted by molar-refractivity contribution is -0.119. The maximum Gasteiger partial charge on any atom is 0.179 e. The van der Waals surface area contributed by atoms with E-state index in [9.17, 15) is 4.79 Å². The van der Waals surface area contributed by atoms with Crippen LogP contribution in [0.1, 0.15) is 39.0 Å². The van der Waals surface area contributed by atoms with Crippen molar-refractivity contribution in [1.82, 2.24) is 0 Å². The number of aliphatic hydroxyl groups excluding tert-OH is 1. The van der Waals surface area contributed by atoms with Crippen LogP contribution in [-0.4, -0.2) is 10.9 Å². The zero-order valence-electron chi connectivity index (χ0n) is 8.42. The summed E-state index contributed by atoms with van der Waals surface area (Å²) >= 11 is 0. The van der Waals surface area contributed by atoms with E-state index in [0.29, 0.717) is 0 Å². The second-order valence-electron chi connectivity index (χ2n) is 3.77. The number of carbonyl (C=O) groups excluding carboxylic acids is 1. The minimum absolute atomic E-state index is 0.0412. The quantitative estimate of drug-likeness (QED) is 0.416. The fourth-order valence-corrected chi connectivity index (χ4v) is 1.88. The van der Waals surface area contributed by atoms with Crippen LogP contribution >= 0.6 is 0 Å². The number of nitrogens with zero attached hydrogens (tertiary/aromatic N) is 1. The summed E-state index contributed by atoms with van der Waals surface area (Å²) in [6, 6.07) is 1.78. The van der Waals surface area contributed by atoms with Crippen molar-refractivity contribution in [3.63, 3.8) is 0 Å². The summed E-state index contributed by atoms with van der Waals surface area (Å²) in [5.41, 5.74) is -0.0584. The van der Waals surface area contributed by atoms with Gasteiger partial charge in [0, 0.05) is 5.92 Å². The van der Waals surface area contributed by atoms with Crippen molar-refractivity contribution in [2.45, 2.75) is 39.0 Å². The Balaban J connectivity index is 2.73. The van der Waals surface area contributed by atoms with Gasteiger partial charge >= 0.3 is 0 Å². The van der Waals surface area contributed by atoms with E-state index in [-0.39, 0.29) is 23.0 Å². The van der Waals surface area contributed by atoms with Crippen molar-refractivity contribution in [3.05, 3.63) is 11.3 Å². The van der Waals surface area contributed by atoms with Crippen LogP contribution in [0.3, 0.4) is 0 Å². The number of Topliss-reactive ketones (excluding diaryl/α,β-unsaturated/α-hetero) is 1. The zero-order valence-corrected chi connectivity index (χ0v) is 8.42. The standard InChI is InChI=1S/C11H15NO2/c1-8(13)10(7-12)11(14)9-5-3-2-4-6-9/h9,13H,2-6H2,1H3/b10-8-. The lowest BCUT2D eigenvalue weighted by atomic mass is 9.84. The molecule has 3 nitrogen and oxygen atoms in total. The molecule has 1 N–H and O–H groups in total. The Bertz CT molecular complexity index is 289. The van der Waals surface area contributed by atoms with Crippen LogP contribution in [0.5, 0.6) is 0 Å². The fraction of sp³-hybridized carbons (Fsp3) is 0.636. The molecule has 0 saturated heterocycles. The van der Waals surface area contributed by atoms with Gasteiger partial charge in [0.1, 0.15) is 17.4 Å². The molecule has 0 bridgehead atoms. The molecule has 14 heavy (non-hydrogen) atoms. The summed E-state index contributed by atoms with van der Waals surface area (Å²) in [5.74, 6) is -0.365. The molecule has 1 aliphatic rings. The Morgan fingerprint density at radius 1 is 1.36 bits per heavy atom. The first-order chi connectivity index (χ1) is 6.66. The average molecular weight is 193 g/mol. The molecule has 1 rings (SSSR count). The summed E-state index contributed by atoms with van der Waals surface area (Å²) in [7, 11) is 0. The molecule has 0 aliphatic heterocycles. The predicted octanol–water partition coefficient (Wildman–Crippen LogP) is 2.49. The summed E-state index contributed by atoms with van der Waals surface area (Å²) in [5, 5.41) is 17.9. The first-order valence-electron chi connectivity index (χ1n) is 5.01. The van der Waals surface area contributed by atoms with Gasteiger partial charge in [-0.25, -0.2) is 0 Å². The number of nitriles is 1. The van der Waals surface area contributed by atoms with E-state index in [2.05, 4.69) is 0 Å². The van der Waals surface area contributed by atoms with Gasteiger partial charge in [-0.15, -0.1) is 0 Å². The van der Waals surface area contributed by atoms with Gasteiger partial charge in [-0.05, 0) is 19.8 Å². The van der Waals surface area contributed by atoms with Crippen molar-refractivity contribution < 1.29 is 9.90 Å². The van der Waals surface area contributed by atoms with E-state index in [0.717, 1.165) is 25.7 Å². The van der Waals surface area contributed by atoms with Gasteiger partial charge in [-0.2, -0.15) is 5.26 Å². The smallest absolute Gasteiger partial charge is 0.179 e. The average Bonchev–Trinajstić information content (AvgIpc) is 2.19. The molecule has 0 unspecified atom stereocenters. The maximum atomic E-state index is 11.7. The van der Waals surface area contributed by atoms with Crippen molar-refractivity contribution in [1.29, 1.82) is 5.26 Å². The highest BCUT2D eigenvalue weighted by Crippen LogP contribution is 2.26. The first kappa shape index (κ1) is 10.8. The van der Waals surface area contributed by atoms with Crippen LogP contribution in [0.2, 0.25) is 0 Å². The minimum atomic E-state index is -0.174. The number of carbonyl (C=O) groups is 1. The lowest BCUT2D eigenvalue weighted by Crippen LogP contribution is -2.19. The highest BCUT2D eigenvalue weighted by molar-refractivity contribution is 6.01. The van der Waals surface area contributed by atoms with Gasteiger partial charge in [-0.1, -0.05) is 19.3 Å². The first-order valence-corrected chi connectivity index (χ1v) is 5.01. The number of ketones is 1. The minimum Gasteiger partial charge on any atom is -0.511 e. The SMILES string of the molecule is C/C(O)=C(\C#N)C(=O)C1CCCCC1. The molecule has 0 aromatic heterocycles. The lowest BCUT2D eigenvalue weighted by Gasteiger charge is -2.19. The van der Waals surface area contributed by atoms with E-state index >= 15 is 0 Å². The molecule has 0 aromatic carbocycles. The fourth-order valence-electron chi connectivity index (χ4n) is 1.88. The van der Waals surface area contributed by atoms with E-state index in [1.54, 1.807) is 6.07 Å². The van der Waals surface area contributed by atoms with Crippen LogP contribution in [-0.2, 0) is 4.79 Å². The molecule has 0 amide bonds. The highest BCUT2D eigenvalue weighted by atomic mass is 16.3. The zero-order chi connectivity index (χ0) is 10.6. The topological polar surface area (TPSA) is 61.1 Å². The van der Waals surface area contributed by atoms with Crippen LogP contribution < -0.4 is 0 Å². The second kappa shape index (κ2) is 4.80.